The zero-order chi connectivity index (χ0) is 28.3. The van der Waals surface area contributed by atoms with Crippen LogP contribution in [0.25, 0.3) is 86.9 Å². The Morgan fingerprint density at radius 2 is 0.860 bits per heavy atom. The van der Waals surface area contributed by atoms with Crippen molar-refractivity contribution in [1.29, 1.82) is 0 Å². The summed E-state index contributed by atoms with van der Waals surface area (Å²) in [6.07, 6.45) is 3.85. The molecule has 1 nitrogen and oxygen atoms in total. The van der Waals surface area contributed by atoms with E-state index in [1.165, 1.54) is 86.9 Å². The maximum atomic E-state index is 4.32. The van der Waals surface area contributed by atoms with Crippen molar-refractivity contribution in [3.05, 3.63) is 152 Å². The molecule has 2 heterocycles. The van der Waals surface area contributed by atoms with Gasteiger partial charge in [-0.1, -0.05) is 109 Å². The predicted octanol–water partition coefficient (Wildman–Crippen LogP) is 11.8. The number of aromatic nitrogens is 1. The van der Waals surface area contributed by atoms with Gasteiger partial charge in [-0.05, 0) is 97.1 Å². The number of rotatable bonds is 2. The molecule has 43 heavy (non-hydrogen) atoms. The molecule has 200 valence electrons. The van der Waals surface area contributed by atoms with E-state index in [1.807, 2.05) is 12.4 Å². The second-order valence-corrected chi connectivity index (χ2v) is 12.2. The Kier molecular flexibility index (Phi) is 5.44. The maximum absolute atomic E-state index is 4.32. The minimum Gasteiger partial charge on any atom is -0.263 e. The monoisotopic (exact) mass is 563 g/mol. The minimum absolute atomic E-state index is 1.22. The summed E-state index contributed by atoms with van der Waals surface area (Å²) in [6.45, 7) is 0. The van der Waals surface area contributed by atoms with Gasteiger partial charge in [0, 0.05) is 27.9 Å². The van der Waals surface area contributed by atoms with Crippen molar-refractivity contribution in [2.45, 2.75) is 0 Å². The summed E-state index contributed by atoms with van der Waals surface area (Å²) in [5.74, 6) is 0. The Hall–Kier alpha value is -5.31. The van der Waals surface area contributed by atoms with Crippen LogP contribution in [0.1, 0.15) is 0 Å². The van der Waals surface area contributed by atoms with Crippen LogP contribution in [0.15, 0.2) is 152 Å². The Morgan fingerprint density at radius 1 is 0.349 bits per heavy atom. The minimum atomic E-state index is 1.22. The fourth-order valence-electron chi connectivity index (χ4n) is 6.73. The maximum Gasteiger partial charge on any atom is 0.0538 e. The van der Waals surface area contributed by atoms with Crippen LogP contribution in [0.4, 0.5) is 0 Å². The molecular weight excluding hydrogens is 539 g/mol. The van der Waals surface area contributed by atoms with Crippen molar-refractivity contribution in [3.63, 3.8) is 0 Å². The molecule has 0 spiro atoms. The second-order valence-electron chi connectivity index (χ2n) is 11.2. The van der Waals surface area contributed by atoms with Gasteiger partial charge in [-0.15, -0.1) is 11.3 Å². The summed E-state index contributed by atoms with van der Waals surface area (Å²) >= 11 is 1.80. The molecule has 0 atom stereocenters. The lowest BCUT2D eigenvalue weighted by Crippen LogP contribution is -1.97. The number of pyridine rings is 1. The van der Waals surface area contributed by atoms with Gasteiger partial charge in [-0.25, -0.2) is 0 Å². The molecule has 0 unspecified atom stereocenters. The topological polar surface area (TPSA) is 12.9 Å². The van der Waals surface area contributed by atoms with Gasteiger partial charge in [0.1, 0.15) is 0 Å². The first kappa shape index (κ1) is 24.3. The molecule has 0 saturated heterocycles. The first-order valence-electron chi connectivity index (χ1n) is 14.6. The Morgan fingerprint density at radius 3 is 1.49 bits per heavy atom. The molecule has 2 aromatic heterocycles. The molecule has 6 aromatic carbocycles. The van der Waals surface area contributed by atoms with Gasteiger partial charge >= 0.3 is 0 Å². The van der Waals surface area contributed by atoms with E-state index in [1.54, 1.807) is 11.3 Å². The van der Waals surface area contributed by atoms with Crippen molar-refractivity contribution in [1.82, 2.24) is 4.98 Å². The highest BCUT2D eigenvalue weighted by Gasteiger charge is 2.21. The van der Waals surface area contributed by atoms with E-state index in [0.717, 1.165) is 0 Å². The van der Waals surface area contributed by atoms with Crippen LogP contribution in [0.3, 0.4) is 0 Å². The predicted molar refractivity (Wildman–Crippen MR) is 183 cm³/mol. The molecule has 0 radical (unpaired) electrons. The molecule has 0 saturated carbocycles. The van der Waals surface area contributed by atoms with Crippen molar-refractivity contribution in [3.8, 4) is 66.8 Å². The lowest BCUT2D eigenvalue weighted by atomic mass is 9.80. The van der Waals surface area contributed by atoms with Gasteiger partial charge in [0.15, 0.2) is 0 Å². The molecular formula is C41H25NS. The van der Waals surface area contributed by atoms with Crippen LogP contribution in [-0.4, -0.2) is 4.98 Å². The largest absolute Gasteiger partial charge is 0.263 e. The van der Waals surface area contributed by atoms with Crippen molar-refractivity contribution in [2.75, 3.05) is 0 Å². The van der Waals surface area contributed by atoms with Crippen molar-refractivity contribution >= 4 is 31.5 Å². The number of nitrogens with zero attached hydrogens (tertiary/aromatic N) is 1. The fourth-order valence-corrected chi connectivity index (χ4v) is 7.78. The molecule has 9 rings (SSSR count). The molecule has 2 heteroatoms. The van der Waals surface area contributed by atoms with E-state index in [0.29, 0.717) is 0 Å². The van der Waals surface area contributed by atoms with Crippen LogP contribution < -0.4 is 0 Å². The van der Waals surface area contributed by atoms with E-state index in [9.17, 15) is 0 Å². The van der Waals surface area contributed by atoms with Crippen LogP contribution in [-0.2, 0) is 0 Å². The summed E-state index contributed by atoms with van der Waals surface area (Å²) in [5.41, 5.74) is 15.0. The van der Waals surface area contributed by atoms with Crippen LogP contribution >= 0.6 is 11.3 Å². The first-order chi connectivity index (χ1) is 21.3. The van der Waals surface area contributed by atoms with Crippen LogP contribution in [0.5, 0.6) is 0 Å². The quantitative estimate of drug-likeness (QED) is 0.204. The van der Waals surface area contributed by atoms with Crippen molar-refractivity contribution < 1.29 is 0 Å². The number of thiophene rings is 1. The van der Waals surface area contributed by atoms with Crippen LogP contribution in [0.2, 0.25) is 0 Å². The Bertz CT molecular complexity index is 2350. The van der Waals surface area contributed by atoms with E-state index in [4.69, 9.17) is 0 Å². The molecule has 1 aliphatic carbocycles. The zero-order valence-corrected chi connectivity index (χ0v) is 24.1. The van der Waals surface area contributed by atoms with E-state index >= 15 is 0 Å². The number of fused-ring (bicyclic) bond motifs is 11. The molecule has 1 aliphatic rings. The average molecular weight is 564 g/mol. The zero-order valence-electron chi connectivity index (χ0n) is 23.3. The van der Waals surface area contributed by atoms with Crippen LogP contribution in [0, 0.1) is 0 Å². The van der Waals surface area contributed by atoms with E-state index in [2.05, 4.69) is 145 Å². The molecule has 0 N–H and O–H groups in total. The fraction of sp³-hybridized carbons (Fsp3) is 0. The smallest absolute Gasteiger partial charge is 0.0538 e. The summed E-state index contributed by atoms with van der Waals surface area (Å²) in [6, 6.07) is 51.4. The van der Waals surface area contributed by atoms with Gasteiger partial charge in [0.25, 0.3) is 0 Å². The lowest BCUT2D eigenvalue weighted by molar-refractivity contribution is 1.37. The van der Waals surface area contributed by atoms with Gasteiger partial charge < -0.3 is 0 Å². The second kappa shape index (κ2) is 9.62. The summed E-state index contributed by atoms with van der Waals surface area (Å²) in [7, 11) is 0. The third-order valence-corrected chi connectivity index (χ3v) is 9.89. The SMILES string of the molecule is c1cc(-c2ccc3c(c2)-c2ccccc2-c2ccccc2-c2ccccc2-3)cc(-c2ccc3sc4cnccc4c3c2)c1. The molecule has 8 aromatic rings. The summed E-state index contributed by atoms with van der Waals surface area (Å²) in [5, 5.41) is 2.57. The Labute approximate surface area is 254 Å². The standard InChI is InChI=1S/C41H25NS/c1-2-11-31-30(10-1)32-12-3-4-14-34(32)36-18-16-28(23-38(36)35-15-6-5-13-33(31)35)26-8-7-9-27(22-26)29-17-19-40-39(24-29)37-20-21-42-25-41(37)43-40/h1-25H. The number of hydrogen-bond donors (Lipinski definition) is 0. The highest BCUT2D eigenvalue weighted by atomic mass is 32.1. The Balaban J connectivity index is 1.22. The van der Waals surface area contributed by atoms with Gasteiger partial charge in [-0.3, -0.25) is 4.98 Å². The normalized spacial score (nSPS) is 11.7. The molecule has 0 fully saturated rings. The summed E-state index contributed by atoms with van der Waals surface area (Å²) < 4.78 is 2.53. The highest BCUT2D eigenvalue weighted by Crippen LogP contribution is 2.48. The summed E-state index contributed by atoms with van der Waals surface area (Å²) in [4.78, 5) is 4.32. The number of benzene rings is 6. The number of hydrogen-bond acceptors (Lipinski definition) is 2. The molecule has 0 amide bonds. The van der Waals surface area contributed by atoms with Crippen molar-refractivity contribution in [2.24, 2.45) is 0 Å². The third-order valence-electron chi connectivity index (χ3n) is 8.76. The van der Waals surface area contributed by atoms with Gasteiger partial charge in [0.05, 0.1) is 4.70 Å². The van der Waals surface area contributed by atoms with Gasteiger partial charge in [0.2, 0.25) is 0 Å². The van der Waals surface area contributed by atoms with E-state index < -0.39 is 0 Å². The van der Waals surface area contributed by atoms with E-state index in [-0.39, 0.29) is 0 Å². The highest BCUT2D eigenvalue weighted by molar-refractivity contribution is 7.25. The average Bonchev–Trinajstić information content (AvgIpc) is 3.46. The molecule has 0 aliphatic heterocycles. The molecule has 0 bridgehead atoms. The first-order valence-corrected chi connectivity index (χ1v) is 15.4. The van der Waals surface area contributed by atoms with Gasteiger partial charge in [-0.2, -0.15) is 0 Å². The third kappa shape index (κ3) is 3.88. The lowest BCUT2D eigenvalue weighted by Gasteiger charge is -2.23.